The summed E-state index contributed by atoms with van der Waals surface area (Å²) in [5.74, 6) is 1.40. The Morgan fingerprint density at radius 3 is 1.21 bits per heavy atom. The van der Waals surface area contributed by atoms with Crippen molar-refractivity contribution in [1.82, 2.24) is 16.0 Å². The second-order valence-corrected chi connectivity index (χ2v) is 36.0. The smallest absolute Gasteiger partial charge is 0.230 e. The van der Waals surface area contributed by atoms with Crippen molar-refractivity contribution >= 4 is 54.6 Å². The molecule has 0 unspecified atom stereocenters. The van der Waals surface area contributed by atoms with Crippen LogP contribution < -0.4 is 20.7 Å². The van der Waals surface area contributed by atoms with E-state index in [4.69, 9.17) is 4.74 Å². The second kappa shape index (κ2) is 23.1. The molecule has 0 atom stereocenters. The molecule has 0 aromatic heterocycles. The monoisotopic (exact) mass is 907 g/mol. The van der Waals surface area contributed by atoms with E-state index in [1.807, 2.05) is 72.9 Å². The highest BCUT2D eigenvalue weighted by Crippen LogP contribution is 2.42. The standard InChI is InChI=1S/C51H73N3O4SSi3/c1-60(2,38-52-48(55)43-16-7-8-17-43)33-13-30-51(31-14-34-61(3,4)39-53-49(56)44-18-9-10-19-44,32-15-35-62(5,6)40-54-50(57)45-20-11-12-21-45)46-26-28-47(29-27-46)58-36-41-22-24-42(37-59)25-23-41/h7-12,16-29,43-45,59H,13-15,30-40H2,1-6H3,(H,52,55)(H,53,56)(H,54,57). The van der Waals surface area contributed by atoms with Crippen LogP contribution in [0.2, 0.25) is 57.4 Å². The van der Waals surface area contributed by atoms with Gasteiger partial charge >= 0.3 is 0 Å². The van der Waals surface area contributed by atoms with E-state index in [0.29, 0.717) is 6.61 Å². The lowest BCUT2D eigenvalue weighted by molar-refractivity contribution is -0.122. The van der Waals surface area contributed by atoms with E-state index in [1.54, 1.807) is 0 Å². The van der Waals surface area contributed by atoms with Crippen LogP contribution in [0, 0.1) is 17.8 Å². The number of amides is 3. The highest BCUT2D eigenvalue weighted by Gasteiger charge is 2.35. The van der Waals surface area contributed by atoms with Gasteiger partial charge in [-0.15, -0.1) is 0 Å². The summed E-state index contributed by atoms with van der Waals surface area (Å²) >= 11 is 4.40. The van der Waals surface area contributed by atoms with E-state index in [-0.39, 0.29) is 40.9 Å². The molecule has 0 saturated heterocycles. The first-order chi connectivity index (χ1) is 29.6. The fourth-order valence-electron chi connectivity index (χ4n) is 8.75. The maximum Gasteiger partial charge on any atom is 0.230 e. The van der Waals surface area contributed by atoms with Gasteiger partial charge in [-0.2, -0.15) is 12.6 Å². The van der Waals surface area contributed by atoms with Crippen molar-refractivity contribution in [2.75, 3.05) is 18.5 Å². The van der Waals surface area contributed by atoms with E-state index in [9.17, 15) is 14.4 Å². The van der Waals surface area contributed by atoms with Gasteiger partial charge in [-0.25, -0.2) is 0 Å². The summed E-state index contributed by atoms with van der Waals surface area (Å²) in [6, 6.07) is 20.8. The van der Waals surface area contributed by atoms with Gasteiger partial charge in [-0.3, -0.25) is 14.4 Å². The summed E-state index contributed by atoms with van der Waals surface area (Å²) in [7, 11) is -5.26. The lowest BCUT2D eigenvalue weighted by Gasteiger charge is -2.38. The summed E-state index contributed by atoms with van der Waals surface area (Å²) in [5.41, 5.74) is 3.65. The van der Waals surface area contributed by atoms with Crippen molar-refractivity contribution in [3.05, 3.63) is 138 Å². The number of ether oxygens (including phenoxy) is 1. The predicted octanol–water partition coefficient (Wildman–Crippen LogP) is 10.6. The first-order valence-electron chi connectivity index (χ1n) is 22.9. The van der Waals surface area contributed by atoms with E-state index in [1.165, 1.54) is 11.1 Å². The zero-order valence-corrected chi connectivity index (χ0v) is 42.2. The fourth-order valence-corrected chi connectivity index (χ4v) is 14.9. The maximum absolute atomic E-state index is 12.9. The van der Waals surface area contributed by atoms with Crippen molar-refractivity contribution in [2.45, 2.75) is 114 Å². The average molecular weight is 908 g/mol. The van der Waals surface area contributed by atoms with E-state index < -0.39 is 24.2 Å². The van der Waals surface area contributed by atoms with Crippen LogP contribution in [0.3, 0.4) is 0 Å². The molecule has 0 aliphatic heterocycles. The zero-order valence-electron chi connectivity index (χ0n) is 38.3. The molecule has 0 spiro atoms. The predicted molar refractivity (Wildman–Crippen MR) is 270 cm³/mol. The summed E-state index contributed by atoms with van der Waals surface area (Å²) < 4.78 is 6.33. The molecule has 11 heteroatoms. The Hall–Kier alpha value is -3.91. The number of carbonyl (C=O) groups is 3. The number of hydrogen-bond acceptors (Lipinski definition) is 5. The van der Waals surface area contributed by atoms with Gasteiger partial charge in [0.25, 0.3) is 0 Å². The second-order valence-electron chi connectivity index (χ2n) is 20.2. The summed E-state index contributed by atoms with van der Waals surface area (Å²) in [4.78, 5) is 38.8. The van der Waals surface area contributed by atoms with Crippen LogP contribution in [0.25, 0.3) is 0 Å². The molecule has 334 valence electrons. The zero-order chi connectivity index (χ0) is 44.6. The Morgan fingerprint density at radius 1 is 0.532 bits per heavy atom. The molecule has 0 bridgehead atoms. The quantitative estimate of drug-likeness (QED) is 0.0559. The van der Waals surface area contributed by atoms with Crippen LogP contribution in [-0.4, -0.2) is 60.4 Å². The number of rotatable bonds is 26. The Labute approximate surface area is 381 Å². The molecule has 5 rings (SSSR count). The minimum atomic E-state index is -1.75. The number of benzene rings is 2. The Balaban J connectivity index is 1.33. The molecule has 3 amide bonds. The van der Waals surface area contributed by atoms with E-state index >= 15 is 0 Å². The molecule has 0 heterocycles. The number of carbonyl (C=O) groups excluding carboxylic acids is 3. The van der Waals surface area contributed by atoms with Crippen molar-refractivity contribution in [3.63, 3.8) is 0 Å². The molecule has 0 radical (unpaired) electrons. The molecule has 3 aliphatic rings. The molecular weight excluding hydrogens is 835 g/mol. The lowest BCUT2D eigenvalue weighted by atomic mass is 9.70. The van der Waals surface area contributed by atoms with Gasteiger partial charge in [0.05, 0.1) is 42.0 Å². The molecular formula is C51H73N3O4SSi3. The van der Waals surface area contributed by atoms with Crippen molar-refractivity contribution < 1.29 is 19.1 Å². The molecule has 3 aliphatic carbocycles. The van der Waals surface area contributed by atoms with Crippen LogP contribution in [0.5, 0.6) is 5.75 Å². The average Bonchev–Trinajstić information content (AvgIpc) is 4.09. The van der Waals surface area contributed by atoms with Crippen molar-refractivity contribution in [3.8, 4) is 5.75 Å². The van der Waals surface area contributed by atoms with E-state index in [0.717, 1.165) is 92.2 Å². The third kappa shape index (κ3) is 15.7. The van der Waals surface area contributed by atoms with Crippen LogP contribution in [-0.2, 0) is 32.2 Å². The van der Waals surface area contributed by atoms with Crippen LogP contribution >= 0.6 is 12.6 Å². The number of nitrogens with one attached hydrogen (secondary N) is 3. The molecule has 3 N–H and O–H groups in total. The first kappa shape index (κ1) is 49.1. The topological polar surface area (TPSA) is 96.5 Å². The molecule has 0 saturated carbocycles. The number of hydrogen-bond donors (Lipinski definition) is 4. The van der Waals surface area contributed by atoms with Crippen LogP contribution in [0.1, 0.15) is 55.2 Å². The third-order valence-corrected chi connectivity index (χ3v) is 21.9. The molecule has 7 nitrogen and oxygen atoms in total. The van der Waals surface area contributed by atoms with Crippen LogP contribution in [0.4, 0.5) is 0 Å². The normalized spacial score (nSPS) is 15.5. The van der Waals surface area contributed by atoms with Gasteiger partial charge in [0.2, 0.25) is 17.7 Å². The van der Waals surface area contributed by atoms with Crippen molar-refractivity contribution in [1.29, 1.82) is 0 Å². The van der Waals surface area contributed by atoms with Gasteiger partial charge in [-0.1, -0.05) is 186 Å². The van der Waals surface area contributed by atoms with Gasteiger partial charge in [0.1, 0.15) is 12.4 Å². The minimum absolute atomic E-state index is 0.0469. The highest BCUT2D eigenvalue weighted by molar-refractivity contribution is 7.79. The molecule has 62 heavy (non-hydrogen) atoms. The largest absolute Gasteiger partial charge is 0.489 e. The van der Waals surface area contributed by atoms with Crippen molar-refractivity contribution in [2.24, 2.45) is 17.8 Å². The summed E-state index contributed by atoms with van der Waals surface area (Å²) in [5, 5.41) is 9.88. The summed E-state index contributed by atoms with van der Waals surface area (Å²) in [6.45, 7) is 15.0. The fraction of sp³-hybridized carbons (Fsp3) is 0.471. The molecule has 0 fully saturated rings. The van der Waals surface area contributed by atoms with Gasteiger partial charge in [0.15, 0.2) is 0 Å². The Morgan fingerprint density at radius 2 is 0.871 bits per heavy atom. The Bertz CT molecular complexity index is 1800. The molecule has 2 aromatic rings. The number of allylic oxidation sites excluding steroid dienone is 6. The summed E-state index contributed by atoms with van der Waals surface area (Å²) in [6.07, 6.45) is 32.3. The van der Waals surface area contributed by atoms with Gasteiger partial charge in [0, 0.05) is 24.3 Å². The third-order valence-electron chi connectivity index (χ3n) is 13.0. The van der Waals surface area contributed by atoms with Gasteiger partial charge < -0.3 is 20.7 Å². The Kier molecular flexibility index (Phi) is 18.3. The van der Waals surface area contributed by atoms with Gasteiger partial charge in [-0.05, 0) is 53.5 Å². The van der Waals surface area contributed by atoms with E-state index in [2.05, 4.69) is 116 Å². The highest BCUT2D eigenvalue weighted by atomic mass is 32.1. The number of thiol groups is 1. The lowest BCUT2D eigenvalue weighted by Crippen LogP contribution is -2.44. The van der Waals surface area contributed by atoms with Crippen LogP contribution in [0.15, 0.2) is 121 Å². The SMILES string of the molecule is C[Si](C)(CCCC(CCC[Si](C)(C)CNC(=O)C1C=CC=C1)(CCC[Si](C)(C)CNC(=O)C1C=CC=C1)c1ccc(OCc2ccc(CS)cc2)cc1)CNC(=O)C1C=CC=C1. The maximum atomic E-state index is 12.9. The molecule has 2 aromatic carbocycles. The minimum Gasteiger partial charge on any atom is -0.489 e. The first-order valence-corrected chi connectivity index (χ1v) is 33.8.